The molecular formula is C10H12N4O5. The van der Waals surface area contributed by atoms with Crippen molar-refractivity contribution in [1.29, 1.82) is 0 Å². The number of nitrogens with one attached hydrogen (secondary N) is 1. The molecule has 0 spiro atoms. The summed E-state index contributed by atoms with van der Waals surface area (Å²) < 4.78 is 6.33. The fraction of sp³-hybridized carbons (Fsp3) is 0.500. The molecule has 9 heteroatoms. The van der Waals surface area contributed by atoms with E-state index in [1.807, 2.05) is 0 Å². The smallest absolute Gasteiger partial charge is 0.281 e. The molecule has 2 aromatic rings. The number of fused-ring (bicyclic) bond motifs is 1. The zero-order chi connectivity index (χ0) is 13.6. The molecule has 0 radical (unpaired) electrons. The summed E-state index contributed by atoms with van der Waals surface area (Å²) in [6, 6.07) is 0. The quantitative estimate of drug-likeness (QED) is 0.482. The highest BCUT2D eigenvalue weighted by molar-refractivity contribution is 5.67. The number of imidazole rings is 1. The van der Waals surface area contributed by atoms with Crippen molar-refractivity contribution in [3.05, 3.63) is 23.0 Å². The van der Waals surface area contributed by atoms with Gasteiger partial charge in [-0.05, 0) is 0 Å². The predicted octanol–water partition coefficient (Wildman–Crippen LogP) is -2.27. The molecule has 0 saturated carbocycles. The Hall–Kier alpha value is -1.81. The van der Waals surface area contributed by atoms with Crippen molar-refractivity contribution in [3.63, 3.8) is 0 Å². The van der Waals surface area contributed by atoms with E-state index in [0.717, 1.165) is 4.57 Å². The van der Waals surface area contributed by atoms with Gasteiger partial charge in [0, 0.05) is 0 Å². The van der Waals surface area contributed by atoms with E-state index in [1.54, 1.807) is 0 Å². The average Bonchev–Trinajstić information content (AvgIpc) is 2.98. The first-order valence-electron chi connectivity index (χ1n) is 5.66. The molecule has 0 aliphatic carbocycles. The molecule has 0 bridgehead atoms. The van der Waals surface area contributed by atoms with Gasteiger partial charge in [-0.3, -0.25) is 9.36 Å². The number of rotatable bonds is 2. The molecule has 1 unspecified atom stereocenters. The van der Waals surface area contributed by atoms with Gasteiger partial charge in [0.25, 0.3) is 5.56 Å². The minimum atomic E-state index is -1.32. The van der Waals surface area contributed by atoms with E-state index in [0.29, 0.717) is 0 Å². The summed E-state index contributed by atoms with van der Waals surface area (Å²) in [5.41, 5.74) is -0.0365. The van der Waals surface area contributed by atoms with Crippen LogP contribution >= 0.6 is 0 Å². The lowest BCUT2D eigenvalue weighted by molar-refractivity contribution is -0.0546. The fourth-order valence-corrected chi connectivity index (χ4v) is 2.13. The van der Waals surface area contributed by atoms with Gasteiger partial charge in [-0.1, -0.05) is 0 Å². The summed E-state index contributed by atoms with van der Waals surface area (Å²) in [5, 5.41) is 28.5. The number of aliphatic hydroxyl groups excluding tert-OH is 3. The van der Waals surface area contributed by atoms with Gasteiger partial charge in [0.15, 0.2) is 17.4 Å². The van der Waals surface area contributed by atoms with E-state index >= 15 is 0 Å². The highest BCUT2D eigenvalue weighted by Crippen LogP contribution is 2.28. The normalized spacial score (nSPS) is 31.1. The van der Waals surface area contributed by atoms with Crippen LogP contribution in [-0.2, 0) is 4.74 Å². The van der Waals surface area contributed by atoms with Crippen LogP contribution in [0.4, 0.5) is 0 Å². The lowest BCUT2D eigenvalue weighted by Gasteiger charge is -2.16. The van der Waals surface area contributed by atoms with E-state index in [2.05, 4.69) is 15.0 Å². The Labute approximate surface area is 106 Å². The van der Waals surface area contributed by atoms with Gasteiger partial charge < -0.3 is 25.0 Å². The van der Waals surface area contributed by atoms with Crippen molar-refractivity contribution in [2.75, 3.05) is 6.61 Å². The average molecular weight is 268 g/mol. The first-order chi connectivity index (χ1) is 9.13. The minimum Gasteiger partial charge on any atom is -0.394 e. The largest absolute Gasteiger partial charge is 0.394 e. The Balaban J connectivity index is 2.05. The van der Waals surface area contributed by atoms with E-state index < -0.39 is 36.7 Å². The maximum Gasteiger partial charge on any atom is 0.281 e. The monoisotopic (exact) mass is 268 g/mol. The zero-order valence-electron chi connectivity index (χ0n) is 9.67. The fourth-order valence-electron chi connectivity index (χ4n) is 2.13. The van der Waals surface area contributed by atoms with Crippen LogP contribution in [0.15, 0.2) is 17.4 Å². The molecule has 4 atom stereocenters. The number of H-pyrrole nitrogens is 1. The van der Waals surface area contributed by atoms with E-state index in [9.17, 15) is 15.0 Å². The number of ether oxygens (including phenoxy) is 1. The third-order valence-electron chi connectivity index (χ3n) is 3.16. The highest BCUT2D eigenvalue weighted by atomic mass is 16.6. The van der Waals surface area contributed by atoms with Gasteiger partial charge in [-0.25, -0.2) is 9.97 Å². The Bertz CT molecular complexity index is 653. The van der Waals surface area contributed by atoms with Crippen LogP contribution in [0.5, 0.6) is 0 Å². The van der Waals surface area contributed by atoms with Gasteiger partial charge in [0.05, 0.1) is 12.9 Å². The maximum atomic E-state index is 12.1. The van der Waals surface area contributed by atoms with Crippen LogP contribution in [0.25, 0.3) is 11.2 Å². The third kappa shape index (κ3) is 1.75. The number of aromatic nitrogens is 4. The van der Waals surface area contributed by atoms with Crippen LogP contribution in [0.2, 0.25) is 0 Å². The van der Waals surface area contributed by atoms with Crippen LogP contribution < -0.4 is 5.56 Å². The Morgan fingerprint density at radius 2 is 2.16 bits per heavy atom. The Morgan fingerprint density at radius 3 is 2.84 bits per heavy atom. The molecule has 102 valence electrons. The van der Waals surface area contributed by atoms with Crippen molar-refractivity contribution in [3.8, 4) is 0 Å². The van der Waals surface area contributed by atoms with Crippen LogP contribution in [0, 0.1) is 0 Å². The zero-order valence-corrected chi connectivity index (χ0v) is 9.67. The van der Waals surface area contributed by atoms with Crippen molar-refractivity contribution in [2.24, 2.45) is 0 Å². The number of aliphatic hydroxyl groups is 3. The Morgan fingerprint density at radius 1 is 1.37 bits per heavy atom. The SMILES string of the molecule is O=c1c2[nH]cnc2ncn1C1O[C@@H](CO)[C@H](O)[C@@H]1O. The second-order valence-corrected chi connectivity index (χ2v) is 4.29. The highest BCUT2D eigenvalue weighted by Gasteiger charge is 2.43. The number of nitrogens with zero attached hydrogens (tertiary/aromatic N) is 3. The molecule has 3 heterocycles. The van der Waals surface area contributed by atoms with E-state index in [4.69, 9.17) is 9.84 Å². The van der Waals surface area contributed by atoms with Gasteiger partial charge in [-0.15, -0.1) is 0 Å². The molecule has 1 fully saturated rings. The molecule has 19 heavy (non-hydrogen) atoms. The van der Waals surface area contributed by atoms with Crippen LogP contribution in [0.1, 0.15) is 6.23 Å². The molecule has 9 nitrogen and oxygen atoms in total. The standard InChI is InChI=1S/C10H12N4O5/c15-1-4-6(16)7(17)10(19-4)14-3-13-8-5(9(14)18)11-2-12-8/h2-4,6-7,10,15-17H,1H2,(H,11,12)/t4-,6-,7-,10?/m0/s1. The maximum absolute atomic E-state index is 12.1. The number of hydrogen-bond donors (Lipinski definition) is 4. The first kappa shape index (κ1) is 12.2. The lowest BCUT2D eigenvalue weighted by atomic mass is 10.1. The molecular weight excluding hydrogens is 256 g/mol. The number of aromatic amines is 1. The summed E-state index contributed by atoms with van der Waals surface area (Å²) in [6.07, 6.45) is -2.10. The minimum absolute atomic E-state index is 0.181. The van der Waals surface area contributed by atoms with Gasteiger partial charge in [0.1, 0.15) is 24.6 Å². The summed E-state index contributed by atoms with van der Waals surface area (Å²) in [6.45, 7) is -0.455. The molecule has 1 aliphatic heterocycles. The van der Waals surface area contributed by atoms with E-state index in [-0.39, 0.29) is 11.2 Å². The van der Waals surface area contributed by atoms with Crippen LogP contribution in [-0.4, -0.2) is 59.8 Å². The lowest BCUT2D eigenvalue weighted by Crippen LogP contribution is -2.35. The van der Waals surface area contributed by atoms with Crippen molar-refractivity contribution in [1.82, 2.24) is 19.5 Å². The molecule has 0 amide bonds. The summed E-state index contributed by atoms with van der Waals surface area (Å²) >= 11 is 0. The number of hydrogen-bond acceptors (Lipinski definition) is 7. The van der Waals surface area contributed by atoms with E-state index in [1.165, 1.54) is 12.7 Å². The first-order valence-corrected chi connectivity index (χ1v) is 5.66. The summed E-state index contributed by atoms with van der Waals surface area (Å²) in [5.74, 6) is 0. The van der Waals surface area contributed by atoms with Crippen molar-refractivity contribution >= 4 is 11.2 Å². The molecule has 3 rings (SSSR count). The van der Waals surface area contributed by atoms with Gasteiger partial charge >= 0.3 is 0 Å². The Kier molecular flexibility index (Phi) is 2.82. The molecule has 2 aromatic heterocycles. The van der Waals surface area contributed by atoms with Gasteiger partial charge in [0.2, 0.25) is 0 Å². The van der Waals surface area contributed by atoms with Crippen LogP contribution in [0.3, 0.4) is 0 Å². The van der Waals surface area contributed by atoms with Crippen molar-refractivity contribution < 1.29 is 20.1 Å². The third-order valence-corrected chi connectivity index (χ3v) is 3.16. The topological polar surface area (TPSA) is 133 Å². The molecule has 1 saturated heterocycles. The second-order valence-electron chi connectivity index (χ2n) is 4.29. The molecule has 1 aliphatic rings. The summed E-state index contributed by atoms with van der Waals surface area (Å²) in [4.78, 5) is 22.6. The molecule has 4 N–H and O–H groups in total. The van der Waals surface area contributed by atoms with Gasteiger partial charge in [-0.2, -0.15) is 0 Å². The van der Waals surface area contributed by atoms with Crippen molar-refractivity contribution in [2.45, 2.75) is 24.5 Å². The molecule has 0 aromatic carbocycles. The summed E-state index contributed by atoms with van der Waals surface area (Å²) in [7, 11) is 0. The second kappa shape index (κ2) is 4.38. The predicted molar refractivity (Wildman–Crippen MR) is 61.2 cm³/mol.